The number of unbranched alkanes of at least 4 members (excludes halogenated alkanes) is 1. The van der Waals surface area contributed by atoms with Gasteiger partial charge in [-0.25, -0.2) is 0 Å². The molecule has 0 spiro atoms. The molecule has 0 heterocycles. The van der Waals surface area contributed by atoms with Crippen LogP contribution in [0.15, 0.2) is 0 Å². The maximum Gasteiger partial charge on any atom is 0.267 e. The summed E-state index contributed by atoms with van der Waals surface area (Å²) in [6, 6.07) is 0. The van der Waals surface area contributed by atoms with Crippen LogP contribution >= 0.6 is 0 Å². The molecule has 0 aromatic heterocycles. The largest absolute Gasteiger partial charge is 0.303 e. The summed E-state index contributed by atoms with van der Waals surface area (Å²) in [5, 5.41) is 0. The highest BCUT2D eigenvalue weighted by Gasteiger charge is 2.22. The summed E-state index contributed by atoms with van der Waals surface area (Å²) in [7, 11) is -3.33. The van der Waals surface area contributed by atoms with Gasteiger partial charge in [-0.05, 0) is 38.0 Å². The van der Waals surface area contributed by atoms with E-state index in [1.807, 2.05) is 6.92 Å². The van der Waals surface area contributed by atoms with E-state index in [0.717, 1.165) is 38.4 Å². The highest BCUT2D eigenvalue weighted by atomic mass is 32.2. The molecule has 0 radical (unpaired) electrons. The number of hydrogen-bond acceptors (Lipinski definition) is 4. The molecule has 1 rings (SSSR count). The molecular formula is C12H22O4S. The molecule has 0 saturated heterocycles. The fourth-order valence-corrected chi connectivity index (χ4v) is 3.23. The zero-order valence-corrected chi connectivity index (χ0v) is 11.2. The first-order valence-corrected chi connectivity index (χ1v) is 7.97. The first-order valence-electron chi connectivity index (χ1n) is 6.39. The lowest BCUT2D eigenvalue weighted by Gasteiger charge is -2.24. The molecule has 17 heavy (non-hydrogen) atoms. The van der Waals surface area contributed by atoms with Crippen LogP contribution in [0.5, 0.6) is 0 Å². The van der Waals surface area contributed by atoms with Crippen molar-refractivity contribution in [2.75, 3.05) is 12.4 Å². The summed E-state index contributed by atoms with van der Waals surface area (Å²) in [5.41, 5.74) is 0. The smallest absolute Gasteiger partial charge is 0.267 e. The van der Waals surface area contributed by atoms with Gasteiger partial charge in [0, 0.05) is 5.92 Å². The molecule has 0 N–H and O–H groups in total. The molecule has 0 aromatic rings. The number of rotatable bonds is 7. The van der Waals surface area contributed by atoms with Gasteiger partial charge < -0.3 is 4.79 Å². The lowest BCUT2D eigenvalue weighted by atomic mass is 9.83. The first kappa shape index (κ1) is 14.6. The van der Waals surface area contributed by atoms with E-state index in [1.165, 1.54) is 0 Å². The van der Waals surface area contributed by atoms with Crippen LogP contribution in [0.25, 0.3) is 0 Å². The monoisotopic (exact) mass is 262 g/mol. The van der Waals surface area contributed by atoms with Gasteiger partial charge in [-0.15, -0.1) is 0 Å². The van der Waals surface area contributed by atoms with E-state index in [1.54, 1.807) is 0 Å². The number of aldehydes is 1. The third-order valence-corrected chi connectivity index (χ3v) is 4.60. The van der Waals surface area contributed by atoms with Gasteiger partial charge in [0.15, 0.2) is 0 Å². The van der Waals surface area contributed by atoms with Crippen molar-refractivity contribution in [3.05, 3.63) is 0 Å². The lowest BCUT2D eigenvalue weighted by Crippen LogP contribution is -2.22. The third kappa shape index (κ3) is 5.64. The molecule has 0 aromatic carbocycles. The Morgan fingerprint density at radius 2 is 1.88 bits per heavy atom. The van der Waals surface area contributed by atoms with Gasteiger partial charge in [-0.3, -0.25) is 4.18 Å². The van der Waals surface area contributed by atoms with Crippen molar-refractivity contribution < 1.29 is 17.4 Å². The quantitative estimate of drug-likeness (QED) is 0.521. The van der Waals surface area contributed by atoms with Gasteiger partial charge >= 0.3 is 0 Å². The molecular weight excluding hydrogens is 240 g/mol. The Labute approximate surface area is 104 Å². The van der Waals surface area contributed by atoms with E-state index in [4.69, 9.17) is 4.18 Å². The third-order valence-electron chi connectivity index (χ3n) is 3.32. The average Bonchev–Trinajstić information content (AvgIpc) is 2.35. The SMILES string of the molecule is CCCCS(=O)(=O)OCC1CCC(C=O)CC1. The Morgan fingerprint density at radius 3 is 2.41 bits per heavy atom. The van der Waals surface area contributed by atoms with Crippen molar-refractivity contribution in [3.63, 3.8) is 0 Å². The van der Waals surface area contributed by atoms with Gasteiger partial charge in [-0.2, -0.15) is 8.42 Å². The van der Waals surface area contributed by atoms with Gasteiger partial charge in [0.1, 0.15) is 6.29 Å². The molecule has 0 amide bonds. The summed E-state index contributed by atoms with van der Waals surface area (Å²) >= 11 is 0. The Hall–Kier alpha value is -0.420. The Balaban J connectivity index is 2.25. The molecule has 4 nitrogen and oxygen atoms in total. The van der Waals surface area contributed by atoms with E-state index in [0.29, 0.717) is 12.3 Å². The fourth-order valence-electron chi connectivity index (χ4n) is 2.07. The van der Waals surface area contributed by atoms with Crippen molar-refractivity contribution in [2.45, 2.75) is 45.4 Å². The maximum atomic E-state index is 11.5. The predicted octanol–water partition coefficient (Wildman–Crippen LogP) is 2.14. The van der Waals surface area contributed by atoms with E-state index < -0.39 is 10.1 Å². The predicted molar refractivity (Wildman–Crippen MR) is 66.2 cm³/mol. The van der Waals surface area contributed by atoms with E-state index in [9.17, 15) is 13.2 Å². The van der Waals surface area contributed by atoms with Gasteiger partial charge in [0.25, 0.3) is 10.1 Å². The number of hydrogen-bond donors (Lipinski definition) is 0. The molecule has 1 aliphatic carbocycles. The second kappa shape index (κ2) is 7.11. The summed E-state index contributed by atoms with van der Waals surface area (Å²) in [6.45, 7) is 2.24. The zero-order chi connectivity index (χ0) is 12.7. The summed E-state index contributed by atoms with van der Waals surface area (Å²) in [5.74, 6) is 0.582. The minimum absolute atomic E-state index is 0.118. The van der Waals surface area contributed by atoms with Crippen LogP contribution in [-0.2, 0) is 19.1 Å². The van der Waals surface area contributed by atoms with Gasteiger partial charge in [0.05, 0.1) is 12.4 Å². The maximum absolute atomic E-state index is 11.5. The lowest BCUT2D eigenvalue weighted by molar-refractivity contribution is -0.112. The van der Waals surface area contributed by atoms with Crippen molar-refractivity contribution in [2.24, 2.45) is 11.8 Å². The molecule has 1 fully saturated rings. The van der Waals surface area contributed by atoms with Crippen molar-refractivity contribution in [3.8, 4) is 0 Å². The fraction of sp³-hybridized carbons (Fsp3) is 0.917. The standard InChI is InChI=1S/C12H22O4S/c1-2-3-8-17(14,15)16-10-12-6-4-11(9-13)5-7-12/h9,11-12H,2-8,10H2,1H3. The Kier molecular flexibility index (Phi) is 6.12. The second-order valence-electron chi connectivity index (χ2n) is 4.82. The van der Waals surface area contributed by atoms with E-state index in [-0.39, 0.29) is 18.3 Å². The zero-order valence-electron chi connectivity index (χ0n) is 10.4. The average molecular weight is 262 g/mol. The van der Waals surface area contributed by atoms with Gasteiger partial charge in [-0.1, -0.05) is 13.3 Å². The highest BCUT2D eigenvalue weighted by Crippen LogP contribution is 2.27. The minimum atomic E-state index is -3.33. The van der Waals surface area contributed by atoms with Crippen LogP contribution in [-0.4, -0.2) is 27.1 Å². The van der Waals surface area contributed by atoms with E-state index in [2.05, 4.69) is 0 Å². The topological polar surface area (TPSA) is 60.4 Å². The van der Waals surface area contributed by atoms with Gasteiger partial charge in [0.2, 0.25) is 0 Å². The molecule has 0 atom stereocenters. The molecule has 0 aliphatic heterocycles. The molecule has 1 aliphatic rings. The normalized spacial score (nSPS) is 25.7. The molecule has 1 saturated carbocycles. The van der Waals surface area contributed by atoms with Crippen LogP contribution in [0.1, 0.15) is 45.4 Å². The molecule has 0 unspecified atom stereocenters. The number of carbonyl (C=O) groups is 1. The van der Waals surface area contributed by atoms with Crippen molar-refractivity contribution in [1.29, 1.82) is 0 Å². The summed E-state index contributed by atoms with van der Waals surface area (Å²) < 4.78 is 28.0. The van der Waals surface area contributed by atoms with Crippen LogP contribution < -0.4 is 0 Å². The van der Waals surface area contributed by atoms with Crippen molar-refractivity contribution >= 4 is 16.4 Å². The summed E-state index contributed by atoms with van der Waals surface area (Å²) in [6.07, 6.45) is 6.04. The molecule has 5 heteroatoms. The molecule has 0 bridgehead atoms. The highest BCUT2D eigenvalue weighted by molar-refractivity contribution is 7.86. The second-order valence-corrected chi connectivity index (χ2v) is 6.58. The van der Waals surface area contributed by atoms with Crippen LogP contribution in [0, 0.1) is 11.8 Å². The number of carbonyl (C=O) groups excluding carboxylic acids is 1. The van der Waals surface area contributed by atoms with E-state index >= 15 is 0 Å². The minimum Gasteiger partial charge on any atom is -0.303 e. The van der Waals surface area contributed by atoms with Crippen molar-refractivity contribution in [1.82, 2.24) is 0 Å². The summed E-state index contributed by atoms with van der Waals surface area (Å²) in [4.78, 5) is 10.6. The first-order chi connectivity index (χ1) is 8.07. The Bertz CT molecular complexity index is 315. The molecule has 100 valence electrons. The Morgan fingerprint density at radius 1 is 1.24 bits per heavy atom. The van der Waals surface area contributed by atoms with Crippen LogP contribution in [0.4, 0.5) is 0 Å². The van der Waals surface area contributed by atoms with Crippen LogP contribution in [0.2, 0.25) is 0 Å². The van der Waals surface area contributed by atoms with Crippen LogP contribution in [0.3, 0.4) is 0 Å².